The fraction of sp³-hybridized carbons (Fsp3) is 0.211. The number of carbonyl (C=O) groups is 2. The molecular weight excluding hydrogens is 368 g/mol. The summed E-state index contributed by atoms with van der Waals surface area (Å²) in [7, 11) is 0. The van der Waals surface area contributed by atoms with Crippen LogP contribution in [0.1, 0.15) is 19.2 Å². The summed E-state index contributed by atoms with van der Waals surface area (Å²) < 4.78 is 7.53. The molecule has 1 heterocycles. The molecule has 0 aliphatic heterocycles. The second-order valence-electron chi connectivity index (χ2n) is 5.80. The highest BCUT2D eigenvalue weighted by Crippen LogP contribution is 2.19. The van der Waals surface area contributed by atoms with Crippen LogP contribution in [0.15, 0.2) is 48.5 Å². The van der Waals surface area contributed by atoms with E-state index in [2.05, 4.69) is 15.8 Å². The zero-order valence-corrected chi connectivity index (χ0v) is 15.5. The third kappa shape index (κ3) is 4.77. The smallest absolute Gasteiger partial charge is 0.258 e. The molecule has 0 unspecified atom stereocenters. The van der Waals surface area contributed by atoms with Crippen LogP contribution in [-0.4, -0.2) is 21.4 Å². The van der Waals surface area contributed by atoms with E-state index in [-0.39, 0.29) is 31.4 Å². The number of amides is 2. The molecular formula is C19H19ClN4O3. The van der Waals surface area contributed by atoms with Gasteiger partial charge in [-0.1, -0.05) is 30.7 Å². The lowest BCUT2D eigenvalue weighted by Crippen LogP contribution is -2.43. The third-order valence-electron chi connectivity index (χ3n) is 3.88. The lowest BCUT2D eigenvalue weighted by Gasteiger charge is -2.11. The summed E-state index contributed by atoms with van der Waals surface area (Å²) in [6, 6.07) is 14.5. The fourth-order valence-electron chi connectivity index (χ4n) is 2.50. The Labute approximate surface area is 161 Å². The van der Waals surface area contributed by atoms with Crippen LogP contribution >= 0.6 is 11.6 Å². The van der Waals surface area contributed by atoms with Crippen molar-refractivity contribution in [3.8, 4) is 5.75 Å². The van der Waals surface area contributed by atoms with Gasteiger partial charge in [-0.05, 0) is 36.4 Å². The average molecular weight is 387 g/mol. The van der Waals surface area contributed by atoms with Crippen molar-refractivity contribution < 1.29 is 14.3 Å². The largest absolute Gasteiger partial charge is 0.486 e. The monoisotopic (exact) mass is 386 g/mol. The quantitative estimate of drug-likeness (QED) is 0.638. The van der Waals surface area contributed by atoms with Crippen LogP contribution in [-0.2, 0) is 22.7 Å². The number of hydrogen-bond acceptors (Lipinski definition) is 4. The molecule has 2 aromatic carbocycles. The molecule has 0 saturated heterocycles. The van der Waals surface area contributed by atoms with Gasteiger partial charge >= 0.3 is 0 Å². The molecule has 8 heteroatoms. The number of aromatic nitrogens is 2. The molecule has 7 nitrogen and oxygen atoms in total. The van der Waals surface area contributed by atoms with Gasteiger partial charge in [0.1, 0.15) is 24.7 Å². The Hall–Kier alpha value is -3.06. The molecule has 0 saturated carbocycles. The van der Waals surface area contributed by atoms with Gasteiger partial charge in [-0.2, -0.15) is 0 Å². The summed E-state index contributed by atoms with van der Waals surface area (Å²) in [4.78, 5) is 28.1. The van der Waals surface area contributed by atoms with Gasteiger partial charge in [-0.3, -0.25) is 20.4 Å². The lowest BCUT2D eigenvalue weighted by atomic mass is 10.3. The summed E-state index contributed by atoms with van der Waals surface area (Å²) >= 11 is 5.88. The zero-order valence-electron chi connectivity index (χ0n) is 14.7. The Kier molecular flexibility index (Phi) is 5.93. The first-order valence-corrected chi connectivity index (χ1v) is 8.85. The Bertz CT molecular complexity index is 953. The van der Waals surface area contributed by atoms with Crippen molar-refractivity contribution in [1.82, 2.24) is 20.4 Å². The van der Waals surface area contributed by atoms with Crippen LogP contribution < -0.4 is 15.6 Å². The van der Waals surface area contributed by atoms with Gasteiger partial charge < -0.3 is 9.30 Å². The van der Waals surface area contributed by atoms with E-state index in [0.717, 1.165) is 11.0 Å². The maximum atomic E-state index is 12.2. The molecule has 27 heavy (non-hydrogen) atoms. The maximum absolute atomic E-state index is 12.2. The second kappa shape index (κ2) is 8.55. The van der Waals surface area contributed by atoms with E-state index in [1.54, 1.807) is 35.8 Å². The van der Waals surface area contributed by atoms with Crippen molar-refractivity contribution in [2.75, 3.05) is 0 Å². The first kappa shape index (κ1) is 18.7. The van der Waals surface area contributed by atoms with Gasteiger partial charge in [-0.25, -0.2) is 4.98 Å². The summed E-state index contributed by atoms with van der Waals surface area (Å²) in [6.45, 7) is 1.89. The Morgan fingerprint density at radius 1 is 1.07 bits per heavy atom. The lowest BCUT2D eigenvalue weighted by molar-refractivity contribution is -0.129. The van der Waals surface area contributed by atoms with Crippen LogP contribution in [0.5, 0.6) is 5.75 Å². The number of imidazole rings is 1. The number of para-hydroxylation sites is 2. The summed E-state index contributed by atoms with van der Waals surface area (Å²) in [6.07, 6.45) is 0.286. The van der Waals surface area contributed by atoms with Crippen molar-refractivity contribution >= 4 is 34.4 Å². The van der Waals surface area contributed by atoms with Crippen LogP contribution in [0.25, 0.3) is 11.0 Å². The van der Waals surface area contributed by atoms with E-state index in [0.29, 0.717) is 16.6 Å². The van der Waals surface area contributed by atoms with Gasteiger partial charge in [0.15, 0.2) is 0 Å². The van der Waals surface area contributed by atoms with Crippen molar-refractivity contribution in [3.63, 3.8) is 0 Å². The van der Waals surface area contributed by atoms with Gasteiger partial charge in [-0.15, -0.1) is 0 Å². The number of nitrogens with zero attached hydrogens (tertiary/aromatic N) is 2. The minimum Gasteiger partial charge on any atom is -0.486 e. The maximum Gasteiger partial charge on any atom is 0.258 e. The standard InChI is InChI=1S/C19H19ClN4O3/c1-2-18(25)22-23-19(26)11-24-16-6-4-3-5-15(16)21-17(24)12-27-14-9-7-13(20)8-10-14/h3-10H,2,11-12H2,1H3,(H,22,25)(H,23,26). The second-order valence-corrected chi connectivity index (χ2v) is 6.23. The number of ether oxygens (including phenoxy) is 1. The van der Waals surface area contributed by atoms with E-state index < -0.39 is 0 Å². The molecule has 0 aliphatic rings. The van der Waals surface area contributed by atoms with E-state index in [1.165, 1.54) is 0 Å². The number of hydrazine groups is 1. The molecule has 0 aliphatic carbocycles. The van der Waals surface area contributed by atoms with E-state index in [4.69, 9.17) is 16.3 Å². The van der Waals surface area contributed by atoms with Gasteiger partial charge in [0, 0.05) is 11.4 Å². The number of rotatable bonds is 6. The topological polar surface area (TPSA) is 85.2 Å². The molecule has 1 aromatic heterocycles. The van der Waals surface area contributed by atoms with E-state index >= 15 is 0 Å². The highest BCUT2D eigenvalue weighted by Gasteiger charge is 2.14. The minimum absolute atomic E-state index is 0.00379. The summed E-state index contributed by atoms with van der Waals surface area (Å²) in [5.41, 5.74) is 6.33. The molecule has 140 valence electrons. The van der Waals surface area contributed by atoms with Crippen molar-refractivity contribution in [2.45, 2.75) is 26.5 Å². The zero-order chi connectivity index (χ0) is 19.2. The number of fused-ring (bicyclic) bond motifs is 1. The number of nitrogens with one attached hydrogen (secondary N) is 2. The number of hydrogen-bond donors (Lipinski definition) is 2. The Morgan fingerprint density at radius 3 is 2.52 bits per heavy atom. The molecule has 3 aromatic rings. The summed E-state index contributed by atoms with van der Waals surface area (Å²) in [5.74, 6) is 0.638. The van der Waals surface area contributed by atoms with Crippen molar-refractivity contribution in [1.29, 1.82) is 0 Å². The molecule has 0 radical (unpaired) electrons. The SMILES string of the molecule is CCC(=O)NNC(=O)Cn1c(COc2ccc(Cl)cc2)nc2ccccc21. The molecule has 2 N–H and O–H groups in total. The molecule has 0 fully saturated rings. The van der Waals surface area contributed by atoms with Crippen molar-refractivity contribution in [3.05, 3.63) is 59.4 Å². The van der Waals surface area contributed by atoms with Crippen LogP contribution in [0.3, 0.4) is 0 Å². The Morgan fingerprint density at radius 2 is 1.78 bits per heavy atom. The predicted octanol–water partition coefficient (Wildman–Crippen LogP) is 2.83. The Balaban J connectivity index is 1.77. The van der Waals surface area contributed by atoms with E-state index in [1.807, 2.05) is 24.3 Å². The van der Waals surface area contributed by atoms with Crippen molar-refractivity contribution in [2.24, 2.45) is 0 Å². The summed E-state index contributed by atoms with van der Waals surface area (Å²) in [5, 5.41) is 0.625. The first-order valence-electron chi connectivity index (χ1n) is 8.47. The van der Waals surface area contributed by atoms with Gasteiger partial charge in [0.25, 0.3) is 5.91 Å². The molecule has 0 atom stereocenters. The molecule has 0 spiro atoms. The van der Waals surface area contributed by atoms with Gasteiger partial charge in [0.2, 0.25) is 5.91 Å². The third-order valence-corrected chi connectivity index (χ3v) is 4.13. The number of halogens is 1. The van der Waals surface area contributed by atoms with Crippen LogP contribution in [0.2, 0.25) is 5.02 Å². The highest BCUT2D eigenvalue weighted by molar-refractivity contribution is 6.30. The highest BCUT2D eigenvalue weighted by atomic mass is 35.5. The van der Waals surface area contributed by atoms with Crippen LogP contribution in [0.4, 0.5) is 0 Å². The first-order chi connectivity index (χ1) is 13.1. The molecule has 3 rings (SSSR count). The molecule has 0 bridgehead atoms. The van der Waals surface area contributed by atoms with E-state index in [9.17, 15) is 9.59 Å². The number of benzene rings is 2. The minimum atomic E-state index is -0.354. The van der Waals surface area contributed by atoms with Gasteiger partial charge in [0.05, 0.1) is 11.0 Å². The predicted molar refractivity (Wildman–Crippen MR) is 102 cm³/mol. The molecule has 2 amide bonds. The number of carbonyl (C=O) groups excluding carboxylic acids is 2. The fourth-order valence-corrected chi connectivity index (χ4v) is 2.63. The normalized spacial score (nSPS) is 10.6. The van der Waals surface area contributed by atoms with Crippen LogP contribution in [0, 0.1) is 0 Å². The average Bonchev–Trinajstić information content (AvgIpc) is 3.03.